The fourth-order valence-electron chi connectivity index (χ4n) is 1.74. The Morgan fingerprint density at radius 1 is 1.50 bits per heavy atom. The van der Waals surface area contributed by atoms with Gasteiger partial charge in [-0.25, -0.2) is 0 Å². The lowest BCUT2D eigenvalue weighted by Gasteiger charge is -2.35. The molecule has 1 aromatic carbocycles. The minimum atomic E-state index is -0.159. The highest BCUT2D eigenvalue weighted by Crippen LogP contribution is 2.43. The molecule has 1 nitrogen and oxygen atoms in total. The molecule has 0 aromatic heterocycles. The van der Waals surface area contributed by atoms with E-state index < -0.39 is 0 Å². The van der Waals surface area contributed by atoms with Gasteiger partial charge in [0, 0.05) is 16.5 Å². The van der Waals surface area contributed by atoms with Crippen molar-refractivity contribution in [2.24, 2.45) is 0 Å². The summed E-state index contributed by atoms with van der Waals surface area (Å²) in [6, 6.07) is 5.97. The summed E-state index contributed by atoms with van der Waals surface area (Å²) < 4.78 is 6.89. The van der Waals surface area contributed by atoms with Crippen LogP contribution in [0.3, 0.4) is 0 Å². The Bertz CT molecular complexity index is 362. The Balaban J connectivity index is 2.45. The maximum absolute atomic E-state index is 6.30. The molecule has 0 saturated heterocycles. The number of hydrogen-bond donors (Lipinski definition) is 0. The second-order valence-electron chi connectivity index (χ2n) is 4.22. The van der Waals surface area contributed by atoms with Crippen molar-refractivity contribution >= 4 is 27.5 Å². The third-order valence-electron chi connectivity index (χ3n) is 2.37. The van der Waals surface area contributed by atoms with Gasteiger partial charge in [0.2, 0.25) is 0 Å². The van der Waals surface area contributed by atoms with Crippen LogP contribution in [0.2, 0.25) is 0 Å². The lowest BCUT2D eigenvalue weighted by molar-refractivity contribution is 0.0825. The first-order valence-corrected chi connectivity index (χ1v) is 5.83. The van der Waals surface area contributed by atoms with Crippen LogP contribution in [0.1, 0.15) is 31.2 Å². The van der Waals surface area contributed by atoms with Gasteiger partial charge >= 0.3 is 0 Å². The molecule has 0 N–H and O–H groups in total. The molecule has 0 spiro atoms. The topological polar surface area (TPSA) is 9.23 Å². The predicted octanol–water partition coefficient (Wildman–Crippen LogP) is 4.29. The highest BCUT2D eigenvalue weighted by molar-refractivity contribution is 9.10. The van der Waals surface area contributed by atoms with Crippen molar-refractivity contribution in [3.05, 3.63) is 28.2 Å². The molecule has 1 aliphatic heterocycles. The van der Waals surface area contributed by atoms with Crippen molar-refractivity contribution in [2.45, 2.75) is 31.2 Å². The molecule has 14 heavy (non-hydrogen) atoms. The van der Waals surface area contributed by atoms with Crippen molar-refractivity contribution in [1.82, 2.24) is 0 Å². The van der Waals surface area contributed by atoms with E-state index in [1.165, 1.54) is 0 Å². The van der Waals surface area contributed by atoms with Gasteiger partial charge in [-0.05, 0) is 32.0 Å². The van der Waals surface area contributed by atoms with Crippen molar-refractivity contribution in [3.63, 3.8) is 0 Å². The molecule has 0 bridgehead atoms. The molecule has 0 amide bonds. The van der Waals surface area contributed by atoms with Crippen LogP contribution in [-0.4, -0.2) is 5.60 Å². The highest BCUT2D eigenvalue weighted by Gasteiger charge is 2.32. The van der Waals surface area contributed by atoms with Gasteiger partial charge in [-0.3, -0.25) is 0 Å². The standard InChI is InChI=1S/C11H12BrClO/c1-11(2)6-9(13)8-5-7(12)3-4-10(8)14-11/h3-5,9H,6H2,1-2H3. The number of hydrogen-bond acceptors (Lipinski definition) is 1. The summed E-state index contributed by atoms with van der Waals surface area (Å²) in [4.78, 5) is 0. The largest absolute Gasteiger partial charge is 0.487 e. The smallest absolute Gasteiger partial charge is 0.124 e. The molecule has 1 aromatic rings. The molecular formula is C11H12BrClO. The second kappa shape index (κ2) is 3.42. The first-order valence-electron chi connectivity index (χ1n) is 4.60. The molecule has 0 radical (unpaired) electrons. The fraction of sp³-hybridized carbons (Fsp3) is 0.455. The summed E-state index contributed by atoms with van der Waals surface area (Å²) in [6.07, 6.45) is 0.845. The van der Waals surface area contributed by atoms with Crippen molar-refractivity contribution in [1.29, 1.82) is 0 Å². The Morgan fingerprint density at radius 2 is 2.21 bits per heavy atom. The number of rotatable bonds is 0. The Hall–Kier alpha value is -0.210. The van der Waals surface area contributed by atoms with Crippen LogP contribution in [-0.2, 0) is 0 Å². The van der Waals surface area contributed by atoms with Crippen LogP contribution >= 0.6 is 27.5 Å². The highest BCUT2D eigenvalue weighted by atomic mass is 79.9. The SMILES string of the molecule is CC1(C)CC(Cl)c2cc(Br)ccc2O1. The Labute approximate surface area is 97.5 Å². The minimum Gasteiger partial charge on any atom is -0.487 e. The quantitative estimate of drug-likeness (QED) is 0.642. The monoisotopic (exact) mass is 274 g/mol. The van der Waals surface area contributed by atoms with Gasteiger partial charge in [-0.2, -0.15) is 0 Å². The number of ether oxygens (including phenoxy) is 1. The second-order valence-corrected chi connectivity index (χ2v) is 5.66. The van der Waals surface area contributed by atoms with Gasteiger partial charge in [0.05, 0.1) is 5.38 Å². The maximum Gasteiger partial charge on any atom is 0.124 e. The van der Waals surface area contributed by atoms with Gasteiger partial charge in [-0.1, -0.05) is 15.9 Å². The van der Waals surface area contributed by atoms with Crippen LogP contribution in [0.4, 0.5) is 0 Å². The average molecular weight is 276 g/mol. The molecule has 1 aliphatic rings. The zero-order chi connectivity index (χ0) is 10.3. The maximum atomic E-state index is 6.30. The summed E-state index contributed by atoms with van der Waals surface area (Å²) in [7, 11) is 0. The summed E-state index contributed by atoms with van der Waals surface area (Å²) in [5, 5.41) is 0.0475. The first-order chi connectivity index (χ1) is 6.48. The van der Waals surface area contributed by atoms with Gasteiger partial charge in [0.15, 0.2) is 0 Å². The lowest BCUT2D eigenvalue weighted by atomic mass is 9.94. The number of alkyl halides is 1. The summed E-state index contributed by atoms with van der Waals surface area (Å²) >= 11 is 9.74. The molecule has 1 heterocycles. The molecule has 0 saturated carbocycles. The van der Waals surface area contributed by atoms with E-state index in [2.05, 4.69) is 29.8 Å². The van der Waals surface area contributed by atoms with Gasteiger partial charge in [0.1, 0.15) is 11.4 Å². The molecule has 3 heteroatoms. The number of halogens is 2. The van der Waals surface area contributed by atoms with E-state index in [1.807, 2.05) is 18.2 Å². The van der Waals surface area contributed by atoms with E-state index in [-0.39, 0.29) is 11.0 Å². The van der Waals surface area contributed by atoms with Crippen molar-refractivity contribution in [3.8, 4) is 5.75 Å². The number of benzene rings is 1. The average Bonchev–Trinajstić information content (AvgIpc) is 2.05. The van der Waals surface area contributed by atoms with E-state index in [9.17, 15) is 0 Å². The molecular weight excluding hydrogens is 263 g/mol. The summed E-state index contributed by atoms with van der Waals surface area (Å²) in [5.74, 6) is 0.907. The van der Waals surface area contributed by atoms with E-state index in [4.69, 9.17) is 16.3 Å². The predicted molar refractivity (Wildman–Crippen MR) is 62.1 cm³/mol. The van der Waals surface area contributed by atoms with Crippen LogP contribution in [0.25, 0.3) is 0 Å². The fourth-order valence-corrected chi connectivity index (χ4v) is 2.66. The zero-order valence-electron chi connectivity index (χ0n) is 8.18. The zero-order valence-corrected chi connectivity index (χ0v) is 10.5. The van der Waals surface area contributed by atoms with Crippen molar-refractivity contribution in [2.75, 3.05) is 0 Å². The Kier molecular flexibility index (Phi) is 2.52. The third kappa shape index (κ3) is 1.91. The normalized spacial score (nSPS) is 23.9. The van der Waals surface area contributed by atoms with Crippen LogP contribution < -0.4 is 4.74 Å². The summed E-state index contributed by atoms with van der Waals surface area (Å²) in [5.41, 5.74) is 0.924. The molecule has 1 unspecified atom stereocenters. The van der Waals surface area contributed by atoms with E-state index in [0.717, 1.165) is 22.2 Å². The van der Waals surface area contributed by atoms with Crippen LogP contribution in [0.15, 0.2) is 22.7 Å². The van der Waals surface area contributed by atoms with E-state index in [1.54, 1.807) is 0 Å². The minimum absolute atomic E-state index is 0.0475. The molecule has 0 fully saturated rings. The van der Waals surface area contributed by atoms with Gasteiger partial charge < -0.3 is 4.74 Å². The Morgan fingerprint density at radius 3 is 2.93 bits per heavy atom. The van der Waals surface area contributed by atoms with Crippen LogP contribution in [0, 0.1) is 0 Å². The van der Waals surface area contributed by atoms with Crippen molar-refractivity contribution < 1.29 is 4.74 Å². The van der Waals surface area contributed by atoms with E-state index in [0.29, 0.717) is 0 Å². The van der Waals surface area contributed by atoms with Gasteiger partial charge in [-0.15, -0.1) is 11.6 Å². The molecule has 1 atom stereocenters. The molecule has 2 rings (SSSR count). The number of fused-ring (bicyclic) bond motifs is 1. The van der Waals surface area contributed by atoms with Gasteiger partial charge in [0.25, 0.3) is 0 Å². The first kappa shape index (κ1) is 10.3. The lowest BCUT2D eigenvalue weighted by Crippen LogP contribution is -2.33. The van der Waals surface area contributed by atoms with Crippen LogP contribution in [0.5, 0.6) is 5.75 Å². The summed E-state index contributed by atoms with van der Waals surface area (Å²) in [6.45, 7) is 4.13. The van der Waals surface area contributed by atoms with E-state index >= 15 is 0 Å². The third-order valence-corrected chi connectivity index (χ3v) is 3.25. The molecule has 0 aliphatic carbocycles. The molecule has 76 valence electrons.